The monoisotopic (exact) mass is 218 g/mol. The molecular formula is C12H11ClN2. The maximum absolute atomic E-state index is 6.98. The molecule has 1 aromatic heterocycles. The number of halogens is 1. The second-order valence-electron chi connectivity index (χ2n) is 3.52. The number of hydrogen-bond acceptors (Lipinski definition) is 0. The van der Waals surface area contributed by atoms with Gasteiger partial charge < -0.3 is 4.98 Å². The number of benzene rings is 1. The Kier molecular flexibility index (Phi) is 2.66. The number of aromatic nitrogens is 1. The van der Waals surface area contributed by atoms with Crippen LogP contribution in [-0.4, -0.2) is 4.98 Å². The van der Waals surface area contributed by atoms with Gasteiger partial charge in [-0.15, -0.1) is 0 Å². The quantitative estimate of drug-likeness (QED) is 0.725. The van der Waals surface area contributed by atoms with Crippen molar-refractivity contribution in [1.82, 2.24) is 4.98 Å². The highest BCUT2D eigenvalue weighted by Crippen LogP contribution is 2.33. The number of nitrogens with one attached hydrogen (secondary N) is 1. The van der Waals surface area contributed by atoms with E-state index >= 15 is 0 Å². The van der Waals surface area contributed by atoms with Gasteiger partial charge in [-0.1, -0.05) is 31.0 Å². The Labute approximate surface area is 93.7 Å². The maximum atomic E-state index is 6.98. The lowest BCUT2D eigenvalue weighted by molar-refractivity contribution is 0.896. The zero-order valence-corrected chi connectivity index (χ0v) is 9.23. The van der Waals surface area contributed by atoms with Crippen LogP contribution >= 0.6 is 11.6 Å². The molecule has 0 radical (unpaired) electrons. The van der Waals surface area contributed by atoms with Crippen LogP contribution in [0.2, 0.25) is 5.02 Å². The molecule has 1 heterocycles. The van der Waals surface area contributed by atoms with Gasteiger partial charge in [-0.3, -0.25) is 0 Å². The van der Waals surface area contributed by atoms with Crippen LogP contribution < -0.4 is 0 Å². The van der Waals surface area contributed by atoms with Crippen LogP contribution in [0.3, 0.4) is 0 Å². The summed E-state index contributed by atoms with van der Waals surface area (Å²) in [5.74, 6) is 0. The van der Waals surface area contributed by atoms with Crippen molar-refractivity contribution in [2.75, 3.05) is 0 Å². The molecule has 1 N–H and O–H groups in total. The van der Waals surface area contributed by atoms with E-state index in [0.717, 1.165) is 23.7 Å². The van der Waals surface area contributed by atoms with E-state index in [4.69, 9.17) is 18.2 Å². The number of aryl methyl sites for hydroxylation is 1. The molecule has 0 saturated carbocycles. The molecule has 0 unspecified atom stereocenters. The molecule has 0 aliphatic rings. The minimum absolute atomic E-state index is 0.520. The van der Waals surface area contributed by atoms with E-state index in [2.05, 4.69) is 16.8 Å². The van der Waals surface area contributed by atoms with Crippen molar-refractivity contribution in [2.45, 2.75) is 19.8 Å². The van der Waals surface area contributed by atoms with E-state index < -0.39 is 0 Å². The van der Waals surface area contributed by atoms with Gasteiger partial charge in [0, 0.05) is 16.6 Å². The molecule has 0 bridgehead atoms. The third kappa shape index (κ3) is 1.71. The smallest absolute Gasteiger partial charge is 0.206 e. The first kappa shape index (κ1) is 10.1. The van der Waals surface area contributed by atoms with E-state index in [1.54, 1.807) is 6.07 Å². The van der Waals surface area contributed by atoms with E-state index in [-0.39, 0.29) is 0 Å². The molecule has 0 atom stereocenters. The summed E-state index contributed by atoms with van der Waals surface area (Å²) in [5, 5.41) is 1.51. The highest BCUT2D eigenvalue weighted by atomic mass is 35.5. The summed E-state index contributed by atoms with van der Waals surface area (Å²) in [6.07, 6.45) is 2.11. The molecule has 2 nitrogen and oxygen atoms in total. The third-order valence-corrected chi connectivity index (χ3v) is 2.81. The predicted octanol–water partition coefficient (Wildman–Crippen LogP) is 4.32. The van der Waals surface area contributed by atoms with E-state index in [1.165, 1.54) is 5.69 Å². The normalized spacial score (nSPS) is 10.5. The van der Waals surface area contributed by atoms with Crippen molar-refractivity contribution in [3.8, 4) is 0 Å². The fourth-order valence-electron chi connectivity index (χ4n) is 1.71. The highest BCUT2D eigenvalue weighted by Gasteiger charge is 2.07. The van der Waals surface area contributed by atoms with Gasteiger partial charge in [0.2, 0.25) is 5.69 Å². The molecule has 0 saturated heterocycles. The SMILES string of the molecule is [C-]#[N+]c1ccc2[nH]c(CCC)cc2c1Cl. The zero-order valence-electron chi connectivity index (χ0n) is 8.47. The molecular weight excluding hydrogens is 208 g/mol. The summed E-state index contributed by atoms with van der Waals surface area (Å²) in [4.78, 5) is 6.68. The van der Waals surface area contributed by atoms with Crippen molar-refractivity contribution in [1.29, 1.82) is 0 Å². The van der Waals surface area contributed by atoms with Gasteiger partial charge in [0.25, 0.3) is 0 Å². The van der Waals surface area contributed by atoms with E-state index in [1.807, 2.05) is 12.1 Å². The minimum atomic E-state index is 0.520. The summed E-state index contributed by atoms with van der Waals surface area (Å²) in [6, 6.07) is 5.70. The molecule has 0 aliphatic carbocycles. The summed E-state index contributed by atoms with van der Waals surface area (Å²) in [7, 11) is 0. The number of H-pyrrole nitrogens is 1. The lowest BCUT2D eigenvalue weighted by Gasteiger charge is -1.95. The van der Waals surface area contributed by atoms with Gasteiger partial charge in [0.15, 0.2) is 0 Å². The first-order chi connectivity index (χ1) is 7.26. The van der Waals surface area contributed by atoms with Crippen molar-refractivity contribution in [2.24, 2.45) is 0 Å². The van der Waals surface area contributed by atoms with Crippen LogP contribution in [0.15, 0.2) is 18.2 Å². The van der Waals surface area contributed by atoms with Crippen LogP contribution in [0, 0.1) is 6.57 Å². The van der Waals surface area contributed by atoms with Gasteiger partial charge in [0.1, 0.15) is 0 Å². The number of nitrogens with zero attached hydrogens (tertiary/aromatic N) is 1. The largest absolute Gasteiger partial charge is 0.358 e. The molecule has 0 fully saturated rings. The fourth-order valence-corrected chi connectivity index (χ4v) is 1.97. The molecule has 3 heteroatoms. The molecule has 0 aliphatic heterocycles. The van der Waals surface area contributed by atoms with Crippen LogP contribution in [-0.2, 0) is 6.42 Å². The molecule has 1 aromatic carbocycles. The third-order valence-electron chi connectivity index (χ3n) is 2.41. The van der Waals surface area contributed by atoms with Gasteiger partial charge in [-0.2, -0.15) is 0 Å². The van der Waals surface area contributed by atoms with Gasteiger partial charge in [-0.25, -0.2) is 4.85 Å². The predicted molar refractivity (Wildman–Crippen MR) is 63.6 cm³/mol. The van der Waals surface area contributed by atoms with Crippen molar-refractivity contribution >= 4 is 28.2 Å². The van der Waals surface area contributed by atoms with Crippen LogP contribution in [0.5, 0.6) is 0 Å². The average molecular weight is 219 g/mol. The Bertz CT molecular complexity index is 534. The average Bonchev–Trinajstić information content (AvgIpc) is 2.63. The number of aromatic amines is 1. The second-order valence-corrected chi connectivity index (χ2v) is 3.89. The van der Waals surface area contributed by atoms with Gasteiger partial charge in [0.05, 0.1) is 11.6 Å². The van der Waals surface area contributed by atoms with Crippen LogP contribution in [0.1, 0.15) is 19.0 Å². The number of rotatable bonds is 2. The number of fused-ring (bicyclic) bond motifs is 1. The standard InChI is InChI=1S/C12H11ClN2/c1-3-4-8-7-9-10(15-8)5-6-11(14-2)12(9)13/h5-7,15H,3-4H2,1H3. The Morgan fingerprint density at radius 2 is 2.27 bits per heavy atom. The summed E-state index contributed by atoms with van der Waals surface area (Å²) < 4.78 is 0. The van der Waals surface area contributed by atoms with Crippen molar-refractivity contribution in [3.05, 3.63) is 40.3 Å². The van der Waals surface area contributed by atoms with Crippen LogP contribution in [0.4, 0.5) is 5.69 Å². The summed E-state index contributed by atoms with van der Waals surface area (Å²) >= 11 is 6.12. The van der Waals surface area contributed by atoms with Gasteiger partial charge >= 0.3 is 0 Å². The first-order valence-corrected chi connectivity index (χ1v) is 5.31. The molecule has 0 spiro atoms. The zero-order chi connectivity index (χ0) is 10.8. The van der Waals surface area contributed by atoms with Gasteiger partial charge in [-0.05, 0) is 18.6 Å². The first-order valence-electron chi connectivity index (χ1n) is 4.93. The fraction of sp³-hybridized carbons (Fsp3) is 0.250. The Morgan fingerprint density at radius 3 is 2.93 bits per heavy atom. The van der Waals surface area contributed by atoms with E-state index in [9.17, 15) is 0 Å². The second kappa shape index (κ2) is 3.96. The number of hydrogen-bond donors (Lipinski definition) is 1. The Hall–Kier alpha value is -1.46. The van der Waals surface area contributed by atoms with Crippen molar-refractivity contribution < 1.29 is 0 Å². The summed E-state index contributed by atoms with van der Waals surface area (Å²) in [5.41, 5.74) is 2.71. The van der Waals surface area contributed by atoms with E-state index in [0.29, 0.717) is 10.7 Å². The molecule has 2 rings (SSSR count). The lowest BCUT2D eigenvalue weighted by Crippen LogP contribution is -1.79. The maximum Gasteiger partial charge on any atom is 0.206 e. The summed E-state index contributed by atoms with van der Waals surface area (Å²) in [6.45, 7) is 9.11. The molecule has 2 aromatic rings. The molecule has 15 heavy (non-hydrogen) atoms. The molecule has 0 amide bonds. The highest BCUT2D eigenvalue weighted by molar-refractivity contribution is 6.38. The Morgan fingerprint density at radius 1 is 1.47 bits per heavy atom. The lowest BCUT2D eigenvalue weighted by atomic mass is 10.2. The van der Waals surface area contributed by atoms with Crippen LogP contribution in [0.25, 0.3) is 15.7 Å². The van der Waals surface area contributed by atoms with Crippen molar-refractivity contribution in [3.63, 3.8) is 0 Å². The Balaban J connectivity index is 2.62. The topological polar surface area (TPSA) is 20.1 Å². The molecule has 76 valence electrons. The minimum Gasteiger partial charge on any atom is -0.358 e.